The Morgan fingerprint density at radius 3 is 2.44 bits per heavy atom. The molecule has 0 bridgehead atoms. The number of hydrogen-bond acceptors (Lipinski definition) is 3. The number of carbonyl (C=O) groups is 2. The van der Waals surface area contributed by atoms with Crippen LogP contribution in [-0.4, -0.2) is 31.4 Å². The van der Waals surface area contributed by atoms with Crippen molar-refractivity contribution in [1.29, 1.82) is 0 Å². The van der Waals surface area contributed by atoms with Crippen molar-refractivity contribution < 1.29 is 9.59 Å². The SMILES string of the molecule is O=C(Nc1ccc(N2CCCC2)cc1)c1cc2c3c(c1)CC(=O)N3CCC2. The molecule has 138 valence electrons. The van der Waals surface area contributed by atoms with Crippen LogP contribution in [0.3, 0.4) is 0 Å². The standard InChI is InChI=1S/C22H23N3O2/c26-20-14-16-13-17(12-15-4-3-11-25(20)21(15)16)22(27)23-18-5-7-19(8-6-18)24-9-1-2-10-24/h5-8,12-13H,1-4,9-11,14H2,(H,23,27). The lowest BCUT2D eigenvalue weighted by Crippen LogP contribution is -2.31. The molecule has 5 nitrogen and oxygen atoms in total. The van der Waals surface area contributed by atoms with Gasteiger partial charge in [0.2, 0.25) is 5.91 Å². The molecule has 0 aliphatic carbocycles. The molecule has 3 aliphatic heterocycles. The van der Waals surface area contributed by atoms with Gasteiger partial charge in [-0.1, -0.05) is 0 Å². The minimum absolute atomic E-state index is 0.112. The van der Waals surface area contributed by atoms with Crippen LogP contribution < -0.4 is 15.1 Å². The zero-order valence-electron chi connectivity index (χ0n) is 15.3. The lowest BCUT2D eigenvalue weighted by Gasteiger charge is -2.25. The van der Waals surface area contributed by atoms with Crippen molar-refractivity contribution in [3.8, 4) is 0 Å². The second-order valence-corrected chi connectivity index (χ2v) is 7.66. The van der Waals surface area contributed by atoms with E-state index in [1.54, 1.807) is 0 Å². The first-order valence-electron chi connectivity index (χ1n) is 9.81. The number of benzene rings is 2. The van der Waals surface area contributed by atoms with Gasteiger partial charge in [0.15, 0.2) is 0 Å². The smallest absolute Gasteiger partial charge is 0.255 e. The second kappa shape index (κ2) is 6.41. The average molecular weight is 361 g/mol. The van der Waals surface area contributed by atoms with Crippen molar-refractivity contribution in [2.75, 3.05) is 34.8 Å². The molecule has 0 unspecified atom stereocenters. The Labute approximate surface area is 159 Å². The van der Waals surface area contributed by atoms with Gasteiger partial charge in [-0.15, -0.1) is 0 Å². The molecule has 1 fully saturated rings. The molecule has 0 aromatic heterocycles. The minimum Gasteiger partial charge on any atom is -0.372 e. The van der Waals surface area contributed by atoms with E-state index in [0.29, 0.717) is 12.0 Å². The summed E-state index contributed by atoms with van der Waals surface area (Å²) >= 11 is 0. The van der Waals surface area contributed by atoms with E-state index in [9.17, 15) is 9.59 Å². The van der Waals surface area contributed by atoms with Crippen molar-refractivity contribution in [2.24, 2.45) is 0 Å². The van der Waals surface area contributed by atoms with Crippen molar-refractivity contribution in [2.45, 2.75) is 32.1 Å². The Hall–Kier alpha value is -2.82. The van der Waals surface area contributed by atoms with Gasteiger partial charge < -0.3 is 15.1 Å². The van der Waals surface area contributed by atoms with E-state index in [0.717, 1.165) is 55.0 Å². The van der Waals surface area contributed by atoms with Crippen LogP contribution in [0.2, 0.25) is 0 Å². The van der Waals surface area contributed by atoms with Crippen LogP contribution in [0.4, 0.5) is 17.1 Å². The highest BCUT2D eigenvalue weighted by molar-refractivity contribution is 6.08. The zero-order chi connectivity index (χ0) is 18.4. The largest absolute Gasteiger partial charge is 0.372 e. The normalized spacial score (nSPS) is 18.0. The number of nitrogens with one attached hydrogen (secondary N) is 1. The fourth-order valence-corrected chi connectivity index (χ4v) is 4.54. The topological polar surface area (TPSA) is 52.7 Å². The molecule has 27 heavy (non-hydrogen) atoms. The van der Waals surface area contributed by atoms with Gasteiger partial charge in [-0.3, -0.25) is 9.59 Å². The van der Waals surface area contributed by atoms with Gasteiger partial charge in [-0.25, -0.2) is 0 Å². The Morgan fingerprint density at radius 2 is 1.67 bits per heavy atom. The van der Waals surface area contributed by atoms with Crippen LogP contribution in [0.5, 0.6) is 0 Å². The lowest BCUT2D eigenvalue weighted by molar-refractivity contribution is -0.117. The Bertz CT molecular complexity index is 914. The van der Waals surface area contributed by atoms with E-state index in [1.807, 2.05) is 29.2 Å². The number of amides is 2. The first-order valence-corrected chi connectivity index (χ1v) is 9.81. The highest BCUT2D eigenvalue weighted by atomic mass is 16.2. The molecule has 2 aromatic rings. The fourth-order valence-electron chi connectivity index (χ4n) is 4.54. The predicted octanol–water partition coefficient (Wildman–Crippen LogP) is 3.37. The maximum atomic E-state index is 12.8. The predicted molar refractivity (Wildman–Crippen MR) is 107 cm³/mol. The van der Waals surface area contributed by atoms with E-state index >= 15 is 0 Å². The number of rotatable bonds is 3. The average Bonchev–Trinajstić information content (AvgIpc) is 3.32. The number of carbonyl (C=O) groups excluding carboxylic acids is 2. The number of hydrogen-bond donors (Lipinski definition) is 1. The van der Waals surface area contributed by atoms with Crippen molar-refractivity contribution >= 4 is 28.9 Å². The van der Waals surface area contributed by atoms with Crippen LogP contribution in [-0.2, 0) is 17.6 Å². The molecule has 1 N–H and O–H groups in total. The van der Waals surface area contributed by atoms with Crippen molar-refractivity contribution in [3.63, 3.8) is 0 Å². The monoisotopic (exact) mass is 361 g/mol. The molecule has 1 saturated heterocycles. The Morgan fingerprint density at radius 1 is 0.926 bits per heavy atom. The van der Waals surface area contributed by atoms with Gasteiger partial charge in [0.05, 0.1) is 12.1 Å². The fraction of sp³-hybridized carbons (Fsp3) is 0.364. The molecule has 2 aromatic carbocycles. The molecule has 2 amide bonds. The Balaban J connectivity index is 1.36. The molecule has 5 rings (SSSR count). The summed E-state index contributed by atoms with van der Waals surface area (Å²) in [7, 11) is 0. The maximum absolute atomic E-state index is 12.8. The van der Waals surface area contributed by atoms with E-state index in [1.165, 1.54) is 18.5 Å². The third-order valence-corrected chi connectivity index (χ3v) is 5.87. The number of anilines is 3. The summed E-state index contributed by atoms with van der Waals surface area (Å²) in [6.07, 6.45) is 4.80. The maximum Gasteiger partial charge on any atom is 0.255 e. The van der Waals surface area contributed by atoms with Gasteiger partial charge in [0.25, 0.3) is 5.91 Å². The third kappa shape index (κ3) is 2.87. The first-order chi connectivity index (χ1) is 13.2. The molecule has 0 saturated carbocycles. The molecule has 3 aliphatic rings. The second-order valence-electron chi connectivity index (χ2n) is 7.66. The summed E-state index contributed by atoms with van der Waals surface area (Å²) in [6, 6.07) is 11.9. The summed E-state index contributed by atoms with van der Waals surface area (Å²) < 4.78 is 0. The summed E-state index contributed by atoms with van der Waals surface area (Å²) in [4.78, 5) is 29.2. The number of nitrogens with zero attached hydrogens (tertiary/aromatic N) is 2. The highest BCUT2D eigenvalue weighted by Crippen LogP contribution is 2.37. The molecule has 5 heteroatoms. The Kier molecular flexibility index (Phi) is 3.88. The van der Waals surface area contributed by atoms with Gasteiger partial charge in [-0.2, -0.15) is 0 Å². The molecular formula is C22H23N3O2. The van der Waals surface area contributed by atoms with Gasteiger partial charge in [0.1, 0.15) is 0 Å². The number of aryl methyl sites for hydroxylation is 1. The molecule has 0 spiro atoms. The van der Waals surface area contributed by atoms with Gasteiger partial charge in [0, 0.05) is 36.6 Å². The van der Waals surface area contributed by atoms with Crippen LogP contribution in [0.15, 0.2) is 36.4 Å². The van der Waals surface area contributed by atoms with Crippen LogP contribution >= 0.6 is 0 Å². The third-order valence-electron chi connectivity index (χ3n) is 5.87. The summed E-state index contributed by atoms with van der Waals surface area (Å²) in [5.41, 5.74) is 5.83. The summed E-state index contributed by atoms with van der Waals surface area (Å²) in [5.74, 6) is 0.0421. The van der Waals surface area contributed by atoms with E-state index in [4.69, 9.17) is 0 Å². The highest BCUT2D eigenvalue weighted by Gasteiger charge is 2.32. The zero-order valence-corrected chi connectivity index (χ0v) is 15.3. The summed E-state index contributed by atoms with van der Waals surface area (Å²) in [6.45, 7) is 3.02. The molecule has 0 atom stereocenters. The van der Waals surface area contributed by atoms with E-state index in [-0.39, 0.29) is 11.8 Å². The lowest BCUT2D eigenvalue weighted by atomic mass is 9.96. The van der Waals surface area contributed by atoms with Crippen LogP contribution in [0, 0.1) is 0 Å². The first kappa shape index (κ1) is 16.4. The van der Waals surface area contributed by atoms with Gasteiger partial charge >= 0.3 is 0 Å². The molecule has 3 heterocycles. The van der Waals surface area contributed by atoms with Crippen molar-refractivity contribution in [1.82, 2.24) is 0 Å². The molecular weight excluding hydrogens is 338 g/mol. The quantitative estimate of drug-likeness (QED) is 0.912. The summed E-state index contributed by atoms with van der Waals surface area (Å²) in [5, 5.41) is 3.00. The van der Waals surface area contributed by atoms with Crippen LogP contribution in [0.25, 0.3) is 0 Å². The minimum atomic E-state index is -0.112. The van der Waals surface area contributed by atoms with E-state index in [2.05, 4.69) is 22.3 Å². The van der Waals surface area contributed by atoms with Gasteiger partial charge in [-0.05, 0) is 73.2 Å². The van der Waals surface area contributed by atoms with Crippen molar-refractivity contribution in [3.05, 3.63) is 53.1 Å². The van der Waals surface area contributed by atoms with Crippen LogP contribution in [0.1, 0.15) is 40.7 Å². The van der Waals surface area contributed by atoms with E-state index < -0.39 is 0 Å². The molecule has 0 radical (unpaired) electrons.